The summed E-state index contributed by atoms with van der Waals surface area (Å²) in [6, 6.07) is 1.76. The van der Waals surface area contributed by atoms with Gasteiger partial charge in [-0.2, -0.15) is 44.3 Å². The van der Waals surface area contributed by atoms with Crippen LogP contribution < -0.4 is 9.80 Å². The number of aryl methyl sites for hydroxylation is 2. The molecule has 8 nitrogen and oxygen atoms in total. The van der Waals surface area contributed by atoms with Crippen LogP contribution in [0.1, 0.15) is 52.3 Å². The van der Waals surface area contributed by atoms with E-state index in [1.165, 1.54) is 11.9 Å². The van der Waals surface area contributed by atoms with Crippen LogP contribution in [0.15, 0.2) is 30.3 Å². The molecule has 2 heterocycles. The number of nitrogens with zero attached hydrogens (tertiary/aromatic N) is 6. The number of aromatic nitrogens is 4. The van der Waals surface area contributed by atoms with Crippen molar-refractivity contribution >= 4 is 17.7 Å². The van der Waals surface area contributed by atoms with Crippen LogP contribution in [0, 0.1) is 6.92 Å². The number of carboxylic acid groups (broad SMARTS) is 1. The Labute approximate surface area is 226 Å². The van der Waals surface area contributed by atoms with Gasteiger partial charge in [-0.25, -0.2) is 4.79 Å². The van der Waals surface area contributed by atoms with Gasteiger partial charge in [-0.15, -0.1) is 5.10 Å². The Morgan fingerprint density at radius 3 is 2.07 bits per heavy atom. The van der Waals surface area contributed by atoms with Crippen LogP contribution in [0.5, 0.6) is 0 Å². The molecule has 1 amide bonds. The van der Waals surface area contributed by atoms with Gasteiger partial charge in [0.1, 0.15) is 0 Å². The normalized spacial score (nSPS) is 16.4. The molecule has 0 saturated heterocycles. The van der Waals surface area contributed by atoms with Gasteiger partial charge in [0.05, 0.1) is 35.5 Å². The van der Waals surface area contributed by atoms with Crippen LogP contribution in [-0.2, 0) is 32.1 Å². The van der Waals surface area contributed by atoms with Crippen molar-refractivity contribution in [3.8, 4) is 0 Å². The number of rotatable bonds is 4. The Balaban J connectivity index is 1.92. The molecule has 41 heavy (non-hydrogen) atoms. The average Bonchev–Trinajstić information content (AvgIpc) is 3.18. The first-order valence-corrected chi connectivity index (χ1v) is 11.9. The maximum atomic E-state index is 13.7. The second kappa shape index (κ2) is 10.4. The molecule has 0 fully saturated rings. The molecule has 0 aliphatic carbocycles. The van der Waals surface area contributed by atoms with Crippen molar-refractivity contribution in [3.05, 3.63) is 63.7 Å². The molecule has 17 heteroatoms. The summed E-state index contributed by atoms with van der Waals surface area (Å²) < 4.78 is 122. The number of carbonyl (C=O) groups is 1. The number of hydrogen-bond acceptors (Lipinski definition) is 5. The lowest BCUT2D eigenvalue weighted by Crippen LogP contribution is -2.32. The van der Waals surface area contributed by atoms with Gasteiger partial charge in [0.25, 0.3) is 5.95 Å². The fourth-order valence-corrected chi connectivity index (χ4v) is 4.78. The fourth-order valence-electron chi connectivity index (χ4n) is 4.78. The quantitative estimate of drug-likeness (QED) is 0.342. The molecule has 0 spiro atoms. The summed E-state index contributed by atoms with van der Waals surface area (Å²) in [5.74, 6) is -0.240. The lowest BCUT2D eigenvalue weighted by Gasteiger charge is -2.32. The number of alkyl halides is 9. The number of amides is 1. The molecular formula is C24H21F9N6O2. The van der Waals surface area contributed by atoms with E-state index in [2.05, 4.69) is 15.4 Å². The van der Waals surface area contributed by atoms with Crippen molar-refractivity contribution in [2.75, 3.05) is 16.3 Å². The predicted molar refractivity (Wildman–Crippen MR) is 125 cm³/mol. The molecule has 0 radical (unpaired) electrons. The zero-order chi connectivity index (χ0) is 30.5. The monoisotopic (exact) mass is 596 g/mol. The molecule has 0 saturated carbocycles. The molecule has 1 atom stereocenters. The lowest BCUT2D eigenvalue weighted by molar-refractivity contribution is -0.143. The van der Waals surface area contributed by atoms with Crippen molar-refractivity contribution in [1.82, 2.24) is 20.2 Å². The van der Waals surface area contributed by atoms with E-state index in [0.717, 1.165) is 22.7 Å². The molecule has 1 aliphatic rings. The average molecular weight is 596 g/mol. The first-order chi connectivity index (χ1) is 18.9. The van der Waals surface area contributed by atoms with Gasteiger partial charge in [0, 0.05) is 13.1 Å². The van der Waals surface area contributed by atoms with Gasteiger partial charge < -0.3 is 10.0 Å². The Morgan fingerprint density at radius 1 is 0.976 bits per heavy atom. The summed E-state index contributed by atoms with van der Waals surface area (Å²) in [6.45, 7) is 0.294. The molecule has 3 aromatic rings. The fraction of sp³-hybridized carbons (Fsp3) is 0.417. The standard InChI is InChI=1S/C24H21F9N6O2/c1-12-6-16-18(4-3-5-38(21(40)41)19(16)10-17(12)24(31,32)33)39(20-34-36-37(2)35-20)11-13-7-14(22(25,26)27)9-15(8-13)23(28,29)30/h6-10,18H,3-5,11H2,1-2H3,(H,40,41). The Hall–Kier alpha value is -4.05. The lowest BCUT2D eigenvalue weighted by atomic mass is 9.94. The van der Waals surface area contributed by atoms with E-state index in [1.54, 1.807) is 0 Å². The minimum absolute atomic E-state index is 0.0257. The second-order valence-electron chi connectivity index (χ2n) is 9.44. The number of anilines is 2. The second-order valence-corrected chi connectivity index (χ2v) is 9.44. The predicted octanol–water partition coefficient (Wildman–Crippen LogP) is 6.60. The summed E-state index contributed by atoms with van der Waals surface area (Å²) in [5.41, 5.74) is -5.20. The van der Waals surface area contributed by atoms with Gasteiger partial charge in [0.2, 0.25) is 0 Å². The van der Waals surface area contributed by atoms with Crippen LogP contribution in [0.2, 0.25) is 0 Å². The van der Waals surface area contributed by atoms with Crippen molar-refractivity contribution < 1.29 is 49.4 Å². The van der Waals surface area contributed by atoms with E-state index in [4.69, 9.17) is 0 Å². The minimum Gasteiger partial charge on any atom is -0.465 e. The van der Waals surface area contributed by atoms with E-state index in [9.17, 15) is 49.4 Å². The highest BCUT2D eigenvalue weighted by molar-refractivity contribution is 5.88. The highest BCUT2D eigenvalue weighted by Crippen LogP contribution is 2.44. The molecule has 4 rings (SSSR count). The molecule has 1 unspecified atom stereocenters. The van der Waals surface area contributed by atoms with E-state index in [-0.39, 0.29) is 48.2 Å². The van der Waals surface area contributed by atoms with Gasteiger partial charge in [-0.1, -0.05) is 11.2 Å². The third-order valence-corrected chi connectivity index (χ3v) is 6.55. The van der Waals surface area contributed by atoms with E-state index >= 15 is 0 Å². The van der Waals surface area contributed by atoms with Crippen LogP contribution in [0.3, 0.4) is 0 Å². The molecule has 222 valence electrons. The summed E-state index contributed by atoms with van der Waals surface area (Å²) in [7, 11) is 1.35. The molecule has 2 aromatic carbocycles. The Kier molecular flexibility index (Phi) is 7.60. The molecule has 1 N–H and O–H groups in total. The number of fused-ring (bicyclic) bond motifs is 1. The largest absolute Gasteiger partial charge is 0.465 e. The van der Waals surface area contributed by atoms with Crippen LogP contribution in [0.25, 0.3) is 0 Å². The number of hydrogen-bond donors (Lipinski definition) is 1. The number of benzene rings is 2. The highest BCUT2D eigenvalue weighted by Gasteiger charge is 2.40. The highest BCUT2D eigenvalue weighted by atomic mass is 19.4. The maximum absolute atomic E-state index is 13.7. The van der Waals surface area contributed by atoms with Gasteiger partial charge in [-0.3, -0.25) is 4.90 Å². The van der Waals surface area contributed by atoms with Gasteiger partial charge in [0.15, 0.2) is 0 Å². The number of halogens is 9. The van der Waals surface area contributed by atoms with Crippen molar-refractivity contribution in [1.29, 1.82) is 0 Å². The van der Waals surface area contributed by atoms with Crippen molar-refractivity contribution in [3.63, 3.8) is 0 Å². The summed E-state index contributed by atoms with van der Waals surface area (Å²) in [6.07, 6.45) is -16.5. The third kappa shape index (κ3) is 6.32. The van der Waals surface area contributed by atoms with E-state index in [0.29, 0.717) is 18.2 Å². The zero-order valence-electron chi connectivity index (χ0n) is 21.2. The minimum atomic E-state index is -5.12. The van der Waals surface area contributed by atoms with Gasteiger partial charge in [-0.05, 0) is 65.9 Å². The first-order valence-electron chi connectivity index (χ1n) is 11.9. The maximum Gasteiger partial charge on any atom is 0.416 e. The summed E-state index contributed by atoms with van der Waals surface area (Å²) in [5, 5.41) is 21.3. The summed E-state index contributed by atoms with van der Waals surface area (Å²) >= 11 is 0. The number of tetrazole rings is 1. The third-order valence-electron chi connectivity index (χ3n) is 6.55. The van der Waals surface area contributed by atoms with Crippen LogP contribution >= 0.6 is 0 Å². The molecule has 1 aliphatic heterocycles. The first kappa shape index (κ1) is 29.9. The smallest absolute Gasteiger partial charge is 0.416 e. The van der Waals surface area contributed by atoms with Crippen molar-refractivity contribution in [2.24, 2.45) is 7.05 Å². The SMILES string of the molecule is Cc1cc2c(cc1C(F)(F)F)N(C(=O)O)CCCC2N(Cc1cc(C(F)(F)F)cc(C(F)(F)F)c1)c1nnn(C)n1. The summed E-state index contributed by atoms with van der Waals surface area (Å²) in [4.78, 5) is 14.9. The molecule has 1 aromatic heterocycles. The van der Waals surface area contributed by atoms with Gasteiger partial charge >= 0.3 is 24.6 Å². The zero-order valence-corrected chi connectivity index (χ0v) is 21.2. The van der Waals surface area contributed by atoms with E-state index < -0.39 is 59.5 Å². The van der Waals surface area contributed by atoms with E-state index in [1.807, 2.05) is 0 Å². The van der Waals surface area contributed by atoms with Crippen LogP contribution in [-0.4, -0.2) is 38.0 Å². The van der Waals surface area contributed by atoms with Crippen LogP contribution in [0.4, 0.5) is 55.9 Å². The Morgan fingerprint density at radius 2 is 1.59 bits per heavy atom. The Bertz CT molecular complexity index is 1420. The van der Waals surface area contributed by atoms with Crippen molar-refractivity contribution in [2.45, 2.75) is 50.9 Å². The molecular weight excluding hydrogens is 575 g/mol. The topological polar surface area (TPSA) is 87.4 Å². The molecule has 0 bridgehead atoms.